The summed E-state index contributed by atoms with van der Waals surface area (Å²) in [6.45, 7) is 2.73. The maximum absolute atomic E-state index is 10.8. The van der Waals surface area contributed by atoms with Crippen molar-refractivity contribution in [1.29, 1.82) is 0 Å². The molecule has 0 rings (SSSR count). The second-order valence-corrected chi connectivity index (χ2v) is 3.61. The van der Waals surface area contributed by atoms with Gasteiger partial charge in [0.15, 0.2) is 0 Å². The first-order valence-electron chi connectivity index (χ1n) is 5.39. The first-order valence-corrected chi connectivity index (χ1v) is 5.39. The largest absolute Gasteiger partial charge is 0.474 e. The van der Waals surface area contributed by atoms with Gasteiger partial charge in [-0.15, -0.1) is 0 Å². The van der Waals surface area contributed by atoms with Gasteiger partial charge in [-0.05, 0) is 12.5 Å². The van der Waals surface area contributed by atoms with Gasteiger partial charge >= 0.3 is 11.9 Å². The van der Waals surface area contributed by atoms with Gasteiger partial charge in [0.05, 0.1) is 12.3 Å². The van der Waals surface area contributed by atoms with Crippen LogP contribution in [-0.2, 0) is 9.59 Å². The normalized spacial score (nSPS) is 13.8. The third kappa shape index (κ3) is 5.61. The highest BCUT2D eigenvalue weighted by Gasteiger charge is 2.18. The summed E-state index contributed by atoms with van der Waals surface area (Å²) < 4.78 is 0. The summed E-state index contributed by atoms with van der Waals surface area (Å²) in [6, 6.07) is -0.961. The van der Waals surface area contributed by atoms with Crippen LogP contribution in [0.4, 0.5) is 0 Å². The minimum absolute atomic E-state index is 0.0693. The van der Waals surface area contributed by atoms with Crippen molar-refractivity contribution in [2.45, 2.75) is 26.3 Å². The lowest BCUT2D eigenvalue weighted by Crippen LogP contribution is -2.34. The molecule has 0 aliphatic heterocycles. The number of carboxylic acids is 1. The number of hydrogen-bond acceptors (Lipinski definition) is 6. The number of carboxylic acid groups (broad SMARTS) is 1. The number of rotatable bonds is 6. The van der Waals surface area contributed by atoms with Crippen molar-refractivity contribution >= 4 is 17.6 Å². The molecular weight excluding hydrogens is 258 g/mol. The molecule has 3 N–H and O–H groups in total. The number of nitro groups is 1. The SMILES string of the molecule is CCC(=CC(CNC(=O)C(=O)O)=NO)C(C)[N+](=O)[O-]. The Morgan fingerprint density at radius 2 is 2.11 bits per heavy atom. The van der Waals surface area contributed by atoms with Crippen LogP contribution in [0.3, 0.4) is 0 Å². The predicted molar refractivity (Wildman–Crippen MR) is 64.7 cm³/mol. The van der Waals surface area contributed by atoms with Crippen LogP contribution < -0.4 is 5.32 Å². The lowest BCUT2D eigenvalue weighted by molar-refractivity contribution is -0.507. The summed E-state index contributed by atoms with van der Waals surface area (Å²) in [7, 11) is 0. The van der Waals surface area contributed by atoms with Crippen LogP contribution in [0, 0.1) is 10.1 Å². The summed E-state index contributed by atoms with van der Waals surface area (Å²) in [4.78, 5) is 31.2. The number of oxime groups is 1. The van der Waals surface area contributed by atoms with Gasteiger partial charge in [-0.1, -0.05) is 12.1 Å². The standard InChI is InChI=1S/C10H15N3O6/c1-3-7(6(2)13(18)19)4-8(12-17)5-11-9(14)10(15)16/h4,6,17H,3,5H2,1-2H3,(H,11,14)(H,15,16). The van der Waals surface area contributed by atoms with Gasteiger partial charge < -0.3 is 15.6 Å². The Bertz CT molecular complexity index is 429. The fraction of sp³-hybridized carbons (Fsp3) is 0.500. The number of carbonyl (C=O) groups is 2. The molecule has 0 aliphatic carbocycles. The number of carbonyl (C=O) groups excluding carboxylic acids is 1. The maximum Gasteiger partial charge on any atom is 0.394 e. The van der Waals surface area contributed by atoms with Gasteiger partial charge in [0.2, 0.25) is 6.04 Å². The zero-order valence-electron chi connectivity index (χ0n) is 10.5. The van der Waals surface area contributed by atoms with Crippen molar-refractivity contribution in [1.82, 2.24) is 5.32 Å². The van der Waals surface area contributed by atoms with Crippen LogP contribution in [-0.4, -0.2) is 45.4 Å². The van der Waals surface area contributed by atoms with Crippen molar-refractivity contribution in [2.75, 3.05) is 6.54 Å². The molecule has 1 atom stereocenters. The van der Waals surface area contributed by atoms with Gasteiger partial charge in [-0.25, -0.2) is 4.79 Å². The van der Waals surface area contributed by atoms with Crippen molar-refractivity contribution < 1.29 is 24.8 Å². The number of amides is 1. The fourth-order valence-corrected chi connectivity index (χ4v) is 1.23. The quantitative estimate of drug-likeness (QED) is 0.205. The fourth-order valence-electron chi connectivity index (χ4n) is 1.23. The zero-order valence-corrected chi connectivity index (χ0v) is 10.5. The van der Waals surface area contributed by atoms with Crippen molar-refractivity contribution in [2.24, 2.45) is 5.16 Å². The highest BCUT2D eigenvalue weighted by Crippen LogP contribution is 2.10. The summed E-state index contributed by atoms with van der Waals surface area (Å²) in [5.41, 5.74) is 0.322. The minimum Gasteiger partial charge on any atom is -0.474 e. The number of aliphatic carboxylic acids is 1. The summed E-state index contributed by atoms with van der Waals surface area (Å²) >= 11 is 0. The van der Waals surface area contributed by atoms with Crippen LogP contribution in [0.5, 0.6) is 0 Å². The second-order valence-electron chi connectivity index (χ2n) is 3.61. The molecule has 9 nitrogen and oxygen atoms in total. The molecule has 0 aromatic heterocycles. The third-order valence-electron chi connectivity index (χ3n) is 2.37. The highest BCUT2D eigenvalue weighted by molar-refractivity contribution is 6.32. The average Bonchev–Trinajstić information content (AvgIpc) is 2.37. The summed E-state index contributed by atoms with van der Waals surface area (Å²) in [5.74, 6) is -2.93. The maximum atomic E-state index is 10.8. The molecule has 0 saturated carbocycles. The molecular formula is C10H15N3O6. The monoisotopic (exact) mass is 273 g/mol. The van der Waals surface area contributed by atoms with Crippen LogP contribution in [0.2, 0.25) is 0 Å². The molecule has 19 heavy (non-hydrogen) atoms. The van der Waals surface area contributed by atoms with E-state index in [-0.39, 0.29) is 12.3 Å². The summed E-state index contributed by atoms with van der Waals surface area (Å²) in [6.07, 6.45) is 1.61. The molecule has 106 valence electrons. The van der Waals surface area contributed by atoms with E-state index < -0.39 is 22.8 Å². The lowest BCUT2D eigenvalue weighted by Gasteiger charge is -2.08. The second kappa shape index (κ2) is 7.80. The Hall–Kier alpha value is -2.45. The van der Waals surface area contributed by atoms with Gasteiger partial charge in [0, 0.05) is 17.4 Å². The smallest absolute Gasteiger partial charge is 0.394 e. The average molecular weight is 273 g/mol. The van der Waals surface area contributed by atoms with Gasteiger partial charge in [-0.2, -0.15) is 0 Å². The van der Waals surface area contributed by atoms with Crippen LogP contribution >= 0.6 is 0 Å². The Labute approximate surface area is 108 Å². The Morgan fingerprint density at radius 3 is 2.47 bits per heavy atom. The predicted octanol–water partition coefficient (Wildman–Crippen LogP) is 0.0190. The Kier molecular flexibility index (Phi) is 6.79. The summed E-state index contributed by atoms with van der Waals surface area (Å²) in [5, 5.41) is 32.5. The molecule has 1 unspecified atom stereocenters. The van der Waals surface area contributed by atoms with Crippen molar-refractivity contribution in [3.05, 3.63) is 21.8 Å². The zero-order chi connectivity index (χ0) is 15.0. The topological polar surface area (TPSA) is 142 Å². The Balaban J connectivity index is 4.83. The van der Waals surface area contributed by atoms with Crippen molar-refractivity contribution in [3.63, 3.8) is 0 Å². The highest BCUT2D eigenvalue weighted by atomic mass is 16.6. The van der Waals surface area contributed by atoms with Gasteiger partial charge in [0.1, 0.15) is 0 Å². The molecule has 0 bridgehead atoms. The molecule has 0 saturated heterocycles. The van der Waals surface area contributed by atoms with E-state index in [1.807, 2.05) is 5.32 Å². The number of nitrogens with one attached hydrogen (secondary N) is 1. The molecule has 0 aliphatic rings. The van der Waals surface area contributed by atoms with E-state index in [0.717, 1.165) is 0 Å². The first kappa shape index (κ1) is 16.6. The van der Waals surface area contributed by atoms with E-state index in [0.29, 0.717) is 12.0 Å². The Morgan fingerprint density at radius 1 is 1.53 bits per heavy atom. The number of nitrogens with zero attached hydrogens (tertiary/aromatic N) is 2. The lowest BCUT2D eigenvalue weighted by atomic mass is 10.0. The molecule has 0 heterocycles. The van der Waals surface area contributed by atoms with E-state index in [2.05, 4.69) is 5.16 Å². The van der Waals surface area contributed by atoms with Crippen LogP contribution in [0.25, 0.3) is 0 Å². The molecule has 0 fully saturated rings. The third-order valence-corrected chi connectivity index (χ3v) is 2.37. The van der Waals surface area contributed by atoms with E-state index in [1.165, 1.54) is 13.0 Å². The number of hydrogen-bond donors (Lipinski definition) is 3. The van der Waals surface area contributed by atoms with Crippen molar-refractivity contribution in [3.8, 4) is 0 Å². The van der Waals surface area contributed by atoms with Gasteiger partial charge in [0.25, 0.3) is 0 Å². The molecule has 9 heteroatoms. The van der Waals surface area contributed by atoms with E-state index in [4.69, 9.17) is 10.3 Å². The van der Waals surface area contributed by atoms with Crippen LogP contribution in [0.1, 0.15) is 20.3 Å². The molecule has 0 radical (unpaired) electrons. The van der Waals surface area contributed by atoms with E-state index in [9.17, 15) is 19.7 Å². The molecule has 1 amide bonds. The van der Waals surface area contributed by atoms with E-state index >= 15 is 0 Å². The molecule has 0 aromatic carbocycles. The van der Waals surface area contributed by atoms with Gasteiger partial charge in [-0.3, -0.25) is 14.9 Å². The molecule has 0 spiro atoms. The minimum atomic E-state index is -1.67. The molecule has 0 aromatic rings. The van der Waals surface area contributed by atoms with Crippen LogP contribution in [0.15, 0.2) is 16.8 Å². The van der Waals surface area contributed by atoms with E-state index in [1.54, 1.807) is 6.92 Å². The first-order chi connectivity index (χ1) is 8.83.